The van der Waals surface area contributed by atoms with E-state index >= 15 is 0 Å². The van der Waals surface area contributed by atoms with Crippen LogP contribution in [-0.2, 0) is 15.8 Å². The van der Waals surface area contributed by atoms with Crippen LogP contribution in [0.4, 0.5) is 10.3 Å². The normalized spacial score (nSPS) is 13.0. The molecule has 136 valence electrons. The molecule has 0 saturated heterocycles. The zero-order chi connectivity index (χ0) is 18.6. The second-order valence-corrected chi connectivity index (χ2v) is 9.36. The van der Waals surface area contributed by atoms with Gasteiger partial charge in [0.05, 0.1) is 12.1 Å². The van der Waals surface area contributed by atoms with E-state index in [-0.39, 0.29) is 35.4 Å². The third-order valence-corrected chi connectivity index (χ3v) is 7.06. The van der Waals surface area contributed by atoms with E-state index in [0.717, 1.165) is 0 Å². The van der Waals surface area contributed by atoms with Crippen LogP contribution in [0.5, 0.6) is 0 Å². The van der Waals surface area contributed by atoms with Gasteiger partial charge in [0.1, 0.15) is 37.7 Å². The summed E-state index contributed by atoms with van der Waals surface area (Å²) in [5.74, 6) is -0.0967. The van der Waals surface area contributed by atoms with Crippen LogP contribution in [0.1, 0.15) is 19.4 Å². The lowest BCUT2D eigenvalue weighted by atomic mass is 10.3. The Bertz CT molecular complexity index is 893. The van der Waals surface area contributed by atoms with Crippen LogP contribution < -0.4 is 11.3 Å². The van der Waals surface area contributed by atoms with Crippen molar-refractivity contribution in [3.05, 3.63) is 22.1 Å². The van der Waals surface area contributed by atoms with Gasteiger partial charge in [-0.3, -0.25) is 9.78 Å². The van der Waals surface area contributed by atoms with E-state index < -0.39 is 25.5 Å². The lowest BCUT2D eigenvalue weighted by Crippen LogP contribution is -2.23. The van der Waals surface area contributed by atoms with Crippen molar-refractivity contribution in [1.29, 1.82) is 5.26 Å². The molecule has 0 bridgehead atoms. The van der Waals surface area contributed by atoms with Crippen molar-refractivity contribution in [3.63, 3.8) is 0 Å². The first-order valence-corrected chi connectivity index (χ1v) is 10.2. The molecule has 0 aliphatic carbocycles. The number of nitriles is 1. The number of halogens is 1. The quantitative estimate of drug-likeness (QED) is 0.684. The monoisotopic (exact) mass is 369 g/mol. The van der Waals surface area contributed by atoms with Crippen LogP contribution in [0.2, 0.25) is 0 Å². The maximum atomic E-state index is 13.4. The predicted molar refractivity (Wildman–Crippen MR) is 93.9 cm³/mol. The molecule has 0 amide bonds. The van der Waals surface area contributed by atoms with Gasteiger partial charge in [-0.15, -0.1) is 0 Å². The van der Waals surface area contributed by atoms with Crippen molar-refractivity contribution in [1.82, 2.24) is 14.5 Å². The van der Waals surface area contributed by atoms with E-state index in [1.165, 1.54) is 10.8 Å². The molecule has 0 fully saturated rings. The Balaban J connectivity index is 2.31. The number of hydrogen-bond acceptors (Lipinski definition) is 6. The molecule has 2 heterocycles. The third kappa shape index (κ3) is 4.09. The molecule has 0 unspecified atom stereocenters. The smallest absolute Gasteiger partial charge is 0.263 e. The second-order valence-electron chi connectivity index (χ2n) is 5.72. The number of anilines is 1. The molecule has 2 aromatic rings. The average molecular weight is 369 g/mol. The Kier molecular flexibility index (Phi) is 5.98. The van der Waals surface area contributed by atoms with Crippen LogP contribution >= 0.6 is 7.14 Å². The van der Waals surface area contributed by atoms with Crippen molar-refractivity contribution in [3.8, 4) is 6.07 Å². The summed E-state index contributed by atoms with van der Waals surface area (Å²) < 4.78 is 32.7. The number of nitrogens with zero attached hydrogens (tertiary/aromatic N) is 3. The number of hydrogen-bond donors (Lipinski definition) is 2. The second kappa shape index (κ2) is 7.81. The molecule has 0 spiro atoms. The number of aromatic nitrogens is 3. The summed E-state index contributed by atoms with van der Waals surface area (Å²) in [6, 6.07) is 1.92. The summed E-state index contributed by atoms with van der Waals surface area (Å²) in [6.07, 6.45) is 1.52. The molecule has 25 heavy (non-hydrogen) atoms. The van der Waals surface area contributed by atoms with Crippen molar-refractivity contribution >= 4 is 24.1 Å². The Labute approximate surface area is 144 Å². The highest BCUT2D eigenvalue weighted by Gasteiger charge is 2.22. The van der Waals surface area contributed by atoms with Crippen LogP contribution in [0, 0.1) is 11.3 Å². The Morgan fingerprint density at radius 3 is 2.76 bits per heavy atom. The number of ether oxygens (including phenoxy) is 1. The first kappa shape index (κ1) is 19.2. The van der Waals surface area contributed by atoms with Crippen LogP contribution in [0.15, 0.2) is 11.0 Å². The first-order chi connectivity index (χ1) is 11.9. The number of rotatable bonds is 8. The highest BCUT2D eigenvalue weighted by Crippen LogP contribution is 2.44. The fourth-order valence-electron chi connectivity index (χ4n) is 2.45. The molecule has 2 rings (SSSR count). The van der Waals surface area contributed by atoms with Gasteiger partial charge in [0.15, 0.2) is 5.65 Å². The van der Waals surface area contributed by atoms with Gasteiger partial charge in [-0.2, -0.15) is 10.2 Å². The molecule has 0 aromatic carbocycles. The topological polar surface area (TPSA) is 127 Å². The number of alkyl halides is 1. The van der Waals surface area contributed by atoms with Gasteiger partial charge < -0.3 is 19.6 Å². The molecule has 0 saturated carbocycles. The van der Waals surface area contributed by atoms with Crippen LogP contribution in [-0.4, -0.2) is 46.0 Å². The van der Waals surface area contributed by atoms with E-state index in [9.17, 15) is 19.0 Å². The molecule has 1 atom stereocenters. The number of nitrogen functional groups attached to an aromatic ring is 1. The number of aromatic amines is 1. The molecule has 0 aliphatic heterocycles. The summed E-state index contributed by atoms with van der Waals surface area (Å²) in [7, 11) is -2.46. The molecule has 0 aliphatic rings. The standard InChI is InChI=1S/C15H21FN5O3P/c1-3-25(23,4-2)9-24-11(5-16)8-21-7-10(6-17)12-13(21)19-15(18)20-14(12)22/h7,11H,3-5,8-9H2,1-2H3,(H3,18,19,20,22)/t11-/m0/s1. The van der Waals surface area contributed by atoms with Crippen molar-refractivity contribution in [2.75, 3.05) is 31.1 Å². The van der Waals surface area contributed by atoms with Gasteiger partial charge in [0.25, 0.3) is 5.56 Å². The predicted octanol–water partition coefficient (Wildman–Crippen LogP) is 1.89. The van der Waals surface area contributed by atoms with Gasteiger partial charge in [-0.05, 0) is 0 Å². The highest BCUT2D eigenvalue weighted by atomic mass is 31.2. The summed E-state index contributed by atoms with van der Waals surface area (Å²) in [5, 5.41) is 9.29. The van der Waals surface area contributed by atoms with Crippen molar-refractivity contribution in [2.24, 2.45) is 0 Å². The van der Waals surface area contributed by atoms with Gasteiger partial charge in [0, 0.05) is 18.5 Å². The Hall–Kier alpha value is -2.17. The molecule has 2 aromatic heterocycles. The van der Waals surface area contributed by atoms with Gasteiger partial charge in [0.2, 0.25) is 5.95 Å². The fraction of sp³-hybridized carbons (Fsp3) is 0.533. The molecule has 0 radical (unpaired) electrons. The average Bonchev–Trinajstić information content (AvgIpc) is 2.96. The molecule has 8 nitrogen and oxygen atoms in total. The Morgan fingerprint density at radius 1 is 1.52 bits per heavy atom. The highest BCUT2D eigenvalue weighted by molar-refractivity contribution is 7.63. The zero-order valence-corrected chi connectivity index (χ0v) is 15.1. The molecular weight excluding hydrogens is 348 g/mol. The summed E-state index contributed by atoms with van der Waals surface area (Å²) in [6.45, 7) is 2.86. The number of fused-ring (bicyclic) bond motifs is 1. The fourth-order valence-corrected chi connectivity index (χ4v) is 3.74. The third-order valence-electron chi connectivity index (χ3n) is 4.14. The number of nitrogens with two attached hydrogens (primary N) is 1. The van der Waals surface area contributed by atoms with E-state index in [1.54, 1.807) is 0 Å². The molecule has 10 heteroatoms. The first-order valence-electron chi connectivity index (χ1n) is 7.90. The van der Waals surface area contributed by atoms with E-state index in [2.05, 4.69) is 9.97 Å². The van der Waals surface area contributed by atoms with Crippen LogP contribution in [0.25, 0.3) is 11.0 Å². The SMILES string of the molecule is CCP(=O)(CC)CO[C@@H](CF)Cn1cc(C#N)c2c(=O)[nH]c(N)nc21. The maximum absolute atomic E-state index is 13.4. The Morgan fingerprint density at radius 2 is 2.20 bits per heavy atom. The lowest BCUT2D eigenvalue weighted by molar-refractivity contribution is 0.0522. The van der Waals surface area contributed by atoms with Gasteiger partial charge in [-0.1, -0.05) is 13.8 Å². The van der Waals surface area contributed by atoms with E-state index in [4.69, 9.17) is 10.5 Å². The van der Waals surface area contributed by atoms with E-state index in [1.807, 2.05) is 19.9 Å². The van der Waals surface area contributed by atoms with Crippen molar-refractivity contribution < 1.29 is 13.7 Å². The lowest BCUT2D eigenvalue weighted by Gasteiger charge is -2.20. The summed E-state index contributed by atoms with van der Waals surface area (Å²) in [5.41, 5.74) is 5.33. The largest absolute Gasteiger partial charge is 0.369 e. The number of nitrogens with one attached hydrogen (secondary N) is 1. The number of H-pyrrole nitrogens is 1. The zero-order valence-electron chi connectivity index (χ0n) is 14.2. The minimum Gasteiger partial charge on any atom is -0.369 e. The van der Waals surface area contributed by atoms with Gasteiger partial charge >= 0.3 is 0 Å². The summed E-state index contributed by atoms with van der Waals surface area (Å²) >= 11 is 0. The summed E-state index contributed by atoms with van der Waals surface area (Å²) in [4.78, 5) is 18.4. The van der Waals surface area contributed by atoms with Crippen LogP contribution in [0.3, 0.4) is 0 Å². The minimum absolute atomic E-state index is 0.00491. The molecular formula is C15H21FN5O3P. The maximum Gasteiger partial charge on any atom is 0.263 e. The molecule has 3 N–H and O–H groups in total. The van der Waals surface area contributed by atoms with Gasteiger partial charge in [-0.25, -0.2) is 4.39 Å². The van der Waals surface area contributed by atoms with E-state index in [0.29, 0.717) is 12.3 Å². The van der Waals surface area contributed by atoms with Crippen molar-refractivity contribution in [2.45, 2.75) is 26.5 Å². The minimum atomic E-state index is -2.46.